The molecular formula is C20H20O7S. The number of carbonyl (C=O) groups is 2. The molecule has 1 saturated heterocycles. The van der Waals surface area contributed by atoms with Crippen molar-refractivity contribution in [1.29, 1.82) is 0 Å². The summed E-state index contributed by atoms with van der Waals surface area (Å²) in [5, 5.41) is 0. The van der Waals surface area contributed by atoms with Crippen LogP contribution in [0.15, 0.2) is 48.5 Å². The van der Waals surface area contributed by atoms with E-state index in [1.165, 1.54) is 14.2 Å². The first-order valence-corrected chi connectivity index (χ1v) is 10.0. The molecule has 1 unspecified atom stereocenters. The number of esters is 2. The zero-order valence-electron chi connectivity index (χ0n) is 15.5. The summed E-state index contributed by atoms with van der Waals surface area (Å²) in [6.07, 6.45) is -1.53. The van der Waals surface area contributed by atoms with Crippen molar-refractivity contribution in [3.63, 3.8) is 0 Å². The second-order valence-corrected chi connectivity index (χ2v) is 7.66. The number of hydrogen-bond acceptors (Lipinski definition) is 7. The van der Waals surface area contributed by atoms with E-state index in [1.54, 1.807) is 48.5 Å². The Morgan fingerprint density at radius 1 is 0.750 bits per heavy atom. The van der Waals surface area contributed by atoms with E-state index in [4.69, 9.17) is 18.9 Å². The van der Waals surface area contributed by atoms with Crippen molar-refractivity contribution >= 4 is 22.7 Å². The minimum atomic E-state index is -1.23. The van der Waals surface area contributed by atoms with Gasteiger partial charge in [-0.1, -0.05) is 0 Å². The molecule has 0 N–H and O–H groups in total. The molecule has 148 valence electrons. The number of benzene rings is 2. The highest BCUT2D eigenvalue weighted by atomic mass is 32.2. The molecule has 2 aromatic rings. The Bertz CT molecular complexity index is 790. The van der Waals surface area contributed by atoms with Crippen LogP contribution < -0.4 is 9.47 Å². The van der Waals surface area contributed by atoms with Crippen molar-refractivity contribution in [2.75, 3.05) is 25.7 Å². The number of methoxy groups -OCH3 is 2. The second kappa shape index (κ2) is 8.88. The average molecular weight is 404 g/mol. The SMILES string of the molecule is COc1ccc(C(=O)O[C@H]2CS(=O)C[C@H]2OC(=O)c2ccc(OC)cc2)cc1. The zero-order valence-corrected chi connectivity index (χ0v) is 16.3. The summed E-state index contributed by atoms with van der Waals surface area (Å²) < 4.78 is 33.0. The van der Waals surface area contributed by atoms with E-state index in [0.717, 1.165) is 0 Å². The molecule has 0 radical (unpaired) electrons. The van der Waals surface area contributed by atoms with Crippen LogP contribution in [0, 0.1) is 0 Å². The number of carbonyl (C=O) groups excluding carboxylic acids is 2. The van der Waals surface area contributed by atoms with E-state index in [-0.39, 0.29) is 11.5 Å². The van der Waals surface area contributed by atoms with Gasteiger partial charge in [-0.15, -0.1) is 0 Å². The van der Waals surface area contributed by atoms with Gasteiger partial charge in [-0.2, -0.15) is 0 Å². The predicted octanol–water partition coefficient (Wildman–Crippen LogP) is 2.22. The lowest BCUT2D eigenvalue weighted by molar-refractivity contribution is -0.0176. The van der Waals surface area contributed by atoms with E-state index >= 15 is 0 Å². The maximum atomic E-state index is 12.4. The van der Waals surface area contributed by atoms with Gasteiger partial charge in [0.2, 0.25) is 0 Å². The Kier molecular flexibility index (Phi) is 6.30. The summed E-state index contributed by atoms with van der Waals surface area (Å²) in [5.41, 5.74) is 0.664. The molecule has 1 aliphatic heterocycles. The topological polar surface area (TPSA) is 88.1 Å². The highest BCUT2D eigenvalue weighted by Crippen LogP contribution is 2.21. The third-order valence-corrected chi connectivity index (χ3v) is 5.68. The molecule has 0 spiro atoms. The minimum Gasteiger partial charge on any atom is -0.497 e. The summed E-state index contributed by atoms with van der Waals surface area (Å²) in [5.74, 6) is 0.342. The lowest BCUT2D eigenvalue weighted by Gasteiger charge is -2.19. The third kappa shape index (κ3) is 4.69. The molecule has 0 bridgehead atoms. The Labute approximate surface area is 165 Å². The van der Waals surface area contributed by atoms with Gasteiger partial charge in [0.1, 0.15) is 11.5 Å². The van der Waals surface area contributed by atoms with Crippen molar-refractivity contribution < 1.29 is 32.7 Å². The smallest absolute Gasteiger partial charge is 0.338 e. The van der Waals surface area contributed by atoms with Gasteiger partial charge in [0, 0.05) is 10.8 Å². The predicted molar refractivity (Wildman–Crippen MR) is 102 cm³/mol. The molecule has 2 aromatic carbocycles. The Morgan fingerprint density at radius 3 is 1.43 bits per heavy atom. The van der Waals surface area contributed by atoms with Gasteiger partial charge in [0.15, 0.2) is 12.2 Å². The number of ether oxygens (including phenoxy) is 4. The first-order valence-electron chi connectivity index (χ1n) is 8.55. The van der Waals surface area contributed by atoms with E-state index in [9.17, 15) is 13.8 Å². The highest BCUT2D eigenvalue weighted by Gasteiger charge is 2.38. The maximum Gasteiger partial charge on any atom is 0.338 e. The maximum absolute atomic E-state index is 12.4. The fourth-order valence-corrected chi connectivity index (χ4v) is 4.17. The van der Waals surface area contributed by atoms with E-state index < -0.39 is 34.9 Å². The molecule has 1 fully saturated rings. The zero-order chi connectivity index (χ0) is 20.1. The lowest BCUT2D eigenvalue weighted by atomic mass is 10.2. The molecule has 7 nitrogen and oxygen atoms in total. The molecule has 0 aromatic heterocycles. The van der Waals surface area contributed by atoms with Gasteiger partial charge in [0.25, 0.3) is 0 Å². The summed E-state index contributed by atoms with van der Waals surface area (Å²) in [7, 11) is 1.83. The Morgan fingerprint density at radius 2 is 1.11 bits per heavy atom. The Hall–Kier alpha value is -2.87. The van der Waals surface area contributed by atoms with Crippen LogP contribution in [-0.2, 0) is 20.3 Å². The molecule has 0 amide bonds. The fraction of sp³-hybridized carbons (Fsp3) is 0.300. The summed E-state index contributed by atoms with van der Waals surface area (Å²) in [4.78, 5) is 24.7. The summed E-state index contributed by atoms with van der Waals surface area (Å²) in [6.45, 7) is 0. The van der Waals surface area contributed by atoms with E-state index in [0.29, 0.717) is 22.6 Å². The highest BCUT2D eigenvalue weighted by molar-refractivity contribution is 7.85. The molecule has 3 atom stereocenters. The lowest BCUT2D eigenvalue weighted by Crippen LogP contribution is -2.34. The van der Waals surface area contributed by atoms with Crippen molar-refractivity contribution in [1.82, 2.24) is 0 Å². The van der Waals surface area contributed by atoms with Gasteiger partial charge >= 0.3 is 11.9 Å². The molecule has 28 heavy (non-hydrogen) atoms. The molecule has 8 heteroatoms. The van der Waals surface area contributed by atoms with Gasteiger partial charge in [-0.3, -0.25) is 4.21 Å². The van der Waals surface area contributed by atoms with E-state index in [1.807, 2.05) is 0 Å². The Balaban J connectivity index is 1.65. The van der Waals surface area contributed by atoms with Crippen molar-refractivity contribution in [3.8, 4) is 11.5 Å². The van der Waals surface area contributed by atoms with Crippen LogP contribution in [0.4, 0.5) is 0 Å². The fourth-order valence-electron chi connectivity index (χ4n) is 2.73. The van der Waals surface area contributed by atoms with Crippen LogP contribution in [0.25, 0.3) is 0 Å². The quantitative estimate of drug-likeness (QED) is 0.682. The number of hydrogen-bond donors (Lipinski definition) is 0. The molecule has 0 saturated carbocycles. The molecule has 0 aliphatic carbocycles. The third-order valence-electron chi connectivity index (χ3n) is 4.28. The van der Waals surface area contributed by atoms with Crippen LogP contribution in [-0.4, -0.2) is 54.1 Å². The molecule has 1 aliphatic rings. The van der Waals surface area contributed by atoms with Crippen LogP contribution >= 0.6 is 0 Å². The van der Waals surface area contributed by atoms with Crippen LogP contribution in [0.2, 0.25) is 0 Å². The standard InChI is InChI=1S/C20H20O7S/c1-24-15-7-3-13(4-8-15)19(21)26-17-11-28(23)12-18(17)27-20(22)14-5-9-16(25-2)10-6-14/h3-10,17-18H,11-12H2,1-2H3/t17-,18+,28?. The molecule has 1 heterocycles. The van der Waals surface area contributed by atoms with E-state index in [2.05, 4.69) is 0 Å². The molecular weight excluding hydrogens is 384 g/mol. The van der Waals surface area contributed by atoms with Gasteiger partial charge in [-0.25, -0.2) is 9.59 Å². The summed E-state index contributed by atoms with van der Waals surface area (Å²) in [6, 6.07) is 12.9. The van der Waals surface area contributed by atoms with Crippen LogP contribution in [0.5, 0.6) is 11.5 Å². The first-order chi connectivity index (χ1) is 13.5. The van der Waals surface area contributed by atoms with Crippen LogP contribution in [0.1, 0.15) is 20.7 Å². The summed E-state index contributed by atoms with van der Waals surface area (Å²) >= 11 is 0. The van der Waals surface area contributed by atoms with Crippen molar-refractivity contribution in [2.45, 2.75) is 12.2 Å². The van der Waals surface area contributed by atoms with Crippen molar-refractivity contribution in [3.05, 3.63) is 59.7 Å². The first kappa shape index (κ1) is 19.9. The average Bonchev–Trinajstić information content (AvgIpc) is 3.06. The largest absolute Gasteiger partial charge is 0.497 e. The van der Waals surface area contributed by atoms with Gasteiger partial charge in [-0.05, 0) is 48.5 Å². The minimum absolute atomic E-state index is 0.127. The van der Waals surface area contributed by atoms with Crippen molar-refractivity contribution in [2.24, 2.45) is 0 Å². The van der Waals surface area contributed by atoms with Gasteiger partial charge in [0.05, 0.1) is 36.9 Å². The normalized spacial score (nSPS) is 21.0. The number of rotatable bonds is 6. The molecule has 3 rings (SSSR count). The van der Waals surface area contributed by atoms with Crippen LogP contribution in [0.3, 0.4) is 0 Å². The monoisotopic (exact) mass is 404 g/mol. The van der Waals surface area contributed by atoms with Gasteiger partial charge < -0.3 is 18.9 Å². The second-order valence-electron chi connectivity index (χ2n) is 6.12.